The number of esters is 1. The van der Waals surface area contributed by atoms with Gasteiger partial charge in [-0.15, -0.1) is 0 Å². The number of phenolic OH excluding ortho intramolecular Hbond substituents is 2. The maximum absolute atomic E-state index is 12.2. The quantitative estimate of drug-likeness (QED) is 0.246. The summed E-state index contributed by atoms with van der Waals surface area (Å²) in [4.78, 5) is 12.2. The Balaban J connectivity index is 1.87. The highest BCUT2D eigenvalue weighted by Gasteiger charge is 2.05. The molecule has 0 saturated heterocycles. The summed E-state index contributed by atoms with van der Waals surface area (Å²) in [6, 6.07) is 11.7. The van der Waals surface area contributed by atoms with Crippen LogP contribution in [0.2, 0.25) is 0 Å². The van der Waals surface area contributed by atoms with Crippen LogP contribution in [0.25, 0.3) is 12.2 Å². The van der Waals surface area contributed by atoms with Crippen LogP contribution in [0.5, 0.6) is 11.5 Å². The van der Waals surface area contributed by atoms with Gasteiger partial charge < -0.3 is 14.9 Å². The number of hydrogen-bond acceptors (Lipinski definition) is 4. The Bertz CT molecular complexity index is 914. The molecular weight excluding hydrogens is 364 g/mol. The van der Waals surface area contributed by atoms with E-state index in [1.165, 1.54) is 23.3 Å². The number of phenols is 2. The van der Waals surface area contributed by atoms with Gasteiger partial charge in [-0.2, -0.15) is 0 Å². The second-order valence-electron chi connectivity index (χ2n) is 7.17. The normalized spacial score (nSPS) is 11.5. The largest absolute Gasteiger partial charge is 0.504 e. The molecule has 0 aliphatic rings. The predicted molar refractivity (Wildman–Crippen MR) is 118 cm³/mol. The van der Waals surface area contributed by atoms with Crippen LogP contribution >= 0.6 is 0 Å². The molecule has 0 spiro atoms. The number of benzene rings is 2. The third-order valence-corrected chi connectivity index (χ3v) is 4.35. The summed E-state index contributed by atoms with van der Waals surface area (Å²) in [5, 5.41) is 18.9. The van der Waals surface area contributed by atoms with Crippen molar-refractivity contribution in [3.63, 3.8) is 0 Å². The van der Waals surface area contributed by atoms with Crippen LogP contribution in [0.4, 0.5) is 0 Å². The van der Waals surface area contributed by atoms with Crippen LogP contribution in [0.15, 0.2) is 65.8 Å². The zero-order chi connectivity index (χ0) is 21.2. The molecule has 0 amide bonds. The standard InChI is InChI=1S/C25H28O4/c1-18(2)5-4-6-19(3)15-16-29-25(28)22-12-9-20(10-13-22)7-8-21-11-14-23(26)24(27)17-21/h5,7-15,17,26-27H,4,6,16H2,1-3H3/b8-7+,19-15+. The number of rotatable bonds is 8. The first-order valence-electron chi connectivity index (χ1n) is 9.61. The Hall–Kier alpha value is -3.27. The minimum absolute atomic E-state index is 0.150. The second-order valence-corrected chi connectivity index (χ2v) is 7.17. The molecule has 0 atom stereocenters. The first kappa shape index (κ1) is 22.0. The lowest BCUT2D eigenvalue weighted by Gasteiger charge is -2.04. The Kier molecular flexibility index (Phi) is 8.28. The van der Waals surface area contributed by atoms with Crippen molar-refractivity contribution >= 4 is 18.1 Å². The van der Waals surface area contributed by atoms with Gasteiger partial charge in [0.25, 0.3) is 0 Å². The Labute approximate surface area is 172 Å². The minimum atomic E-state index is -0.350. The summed E-state index contributed by atoms with van der Waals surface area (Å²) in [5.41, 5.74) is 4.68. The number of carbonyl (C=O) groups excluding carboxylic acids is 1. The van der Waals surface area contributed by atoms with Gasteiger partial charge in [0.2, 0.25) is 0 Å². The van der Waals surface area contributed by atoms with Crippen molar-refractivity contribution in [2.24, 2.45) is 0 Å². The summed E-state index contributed by atoms with van der Waals surface area (Å²) in [6.45, 7) is 6.48. The van der Waals surface area contributed by atoms with Crippen molar-refractivity contribution in [3.8, 4) is 11.5 Å². The van der Waals surface area contributed by atoms with Gasteiger partial charge in [0.05, 0.1) is 5.56 Å². The molecule has 29 heavy (non-hydrogen) atoms. The van der Waals surface area contributed by atoms with Crippen molar-refractivity contribution in [3.05, 3.63) is 82.5 Å². The fraction of sp³-hybridized carbons (Fsp3) is 0.240. The van der Waals surface area contributed by atoms with Gasteiger partial charge >= 0.3 is 5.97 Å². The number of aromatic hydroxyl groups is 2. The fourth-order valence-electron chi connectivity index (χ4n) is 2.60. The van der Waals surface area contributed by atoms with Crippen LogP contribution in [0.3, 0.4) is 0 Å². The van der Waals surface area contributed by atoms with Crippen LogP contribution in [-0.4, -0.2) is 22.8 Å². The molecule has 152 valence electrons. The van der Waals surface area contributed by atoms with Gasteiger partial charge in [0.1, 0.15) is 6.61 Å². The van der Waals surface area contributed by atoms with E-state index in [4.69, 9.17) is 4.74 Å². The van der Waals surface area contributed by atoms with Gasteiger partial charge in [-0.1, -0.05) is 47.6 Å². The molecule has 4 nitrogen and oxygen atoms in total. The molecule has 2 N–H and O–H groups in total. The highest BCUT2D eigenvalue weighted by Crippen LogP contribution is 2.25. The Morgan fingerprint density at radius 2 is 1.55 bits per heavy atom. The van der Waals surface area contributed by atoms with Crippen LogP contribution in [0.1, 0.15) is 55.1 Å². The molecule has 0 unspecified atom stereocenters. The lowest BCUT2D eigenvalue weighted by atomic mass is 10.1. The van der Waals surface area contributed by atoms with E-state index in [2.05, 4.69) is 19.9 Å². The summed E-state index contributed by atoms with van der Waals surface area (Å²) < 4.78 is 5.32. The number of allylic oxidation sites excluding steroid dienone is 3. The monoisotopic (exact) mass is 392 g/mol. The third kappa shape index (κ3) is 7.70. The molecule has 0 heterocycles. The lowest BCUT2D eigenvalue weighted by Crippen LogP contribution is -2.05. The van der Waals surface area contributed by atoms with Crippen LogP contribution in [-0.2, 0) is 4.74 Å². The van der Waals surface area contributed by atoms with E-state index in [0.29, 0.717) is 5.56 Å². The maximum atomic E-state index is 12.2. The topological polar surface area (TPSA) is 66.8 Å². The predicted octanol–water partition coefficient (Wildman–Crippen LogP) is 6.12. The molecule has 0 saturated carbocycles. The van der Waals surface area contributed by atoms with Crippen molar-refractivity contribution in [2.45, 2.75) is 33.6 Å². The molecule has 2 aromatic carbocycles. The second kappa shape index (κ2) is 10.9. The molecule has 0 bridgehead atoms. The SMILES string of the molecule is CC(C)=CCC/C(C)=C/COC(=O)c1ccc(/C=C/c2ccc(O)c(O)c2)cc1. The molecule has 0 aliphatic heterocycles. The molecule has 2 aromatic rings. The first-order valence-corrected chi connectivity index (χ1v) is 9.61. The van der Waals surface area contributed by atoms with E-state index in [1.54, 1.807) is 18.2 Å². The average Bonchev–Trinajstić information content (AvgIpc) is 2.69. The fourth-order valence-corrected chi connectivity index (χ4v) is 2.60. The number of hydrogen-bond donors (Lipinski definition) is 2. The average molecular weight is 392 g/mol. The molecule has 0 aliphatic carbocycles. The van der Waals surface area contributed by atoms with Crippen molar-refractivity contribution in [1.29, 1.82) is 0 Å². The zero-order valence-corrected chi connectivity index (χ0v) is 17.2. The molecular formula is C25H28O4. The van der Waals surface area contributed by atoms with Crippen LogP contribution < -0.4 is 0 Å². The van der Waals surface area contributed by atoms with E-state index in [-0.39, 0.29) is 24.1 Å². The molecule has 0 aromatic heterocycles. The third-order valence-electron chi connectivity index (χ3n) is 4.35. The van der Waals surface area contributed by atoms with Gasteiger partial charge in [-0.25, -0.2) is 4.79 Å². The minimum Gasteiger partial charge on any atom is -0.504 e. The van der Waals surface area contributed by atoms with Gasteiger partial charge in [0.15, 0.2) is 11.5 Å². The van der Waals surface area contributed by atoms with E-state index in [1.807, 2.05) is 37.3 Å². The van der Waals surface area contributed by atoms with Crippen molar-refractivity contribution in [1.82, 2.24) is 0 Å². The number of ether oxygens (including phenoxy) is 1. The maximum Gasteiger partial charge on any atom is 0.338 e. The van der Waals surface area contributed by atoms with Crippen molar-refractivity contribution < 1.29 is 19.7 Å². The van der Waals surface area contributed by atoms with Crippen LogP contribution in [0, 0.1) is 0 Å². The smallest absolute Gasteiger partial charge is 0.338 e. The first-order chi connectivity index (χ1) is 13.8. The highest BCUT2D eigenvalue weighted by atomic mass is 16.5. The summed E-state index contributed by atoms with van der Waals surface area (Å²) in [5.74, 6) is -0.660. The van der Waals surface area contributed by atoms with Gasteiger partial charge in [-0.3, -0.25) is 0 Å². The molecule has 2 rings (SSSR count). The van der Waals surface area contributed by atoms with Crippen molar-refractivity contribution in [2.75, 3.05) is 6.61 Å². The molecule has 0 fully saturated rings. The highest BCUT2D eigenvalue weighted by molar-refractivity contribution is 5.89. The lowest BCUT2D eigenvalue weighted by molar-refractivity contribution is 0.0549. The van der Waals surface area contributed by atoms with E-state index >= 15 is 0 Å². The Morgan fingerprint density at radius 3 is 2.21 bits per heavy atom. The zero-order valence-electron chi connectivity index (χ0n) is 17.2. The van der Waals surface area contributed by atoms with E-state index in [0.717, 1.165) is 24.0 Å². The summed E-state index contributed by atoms with van der Waals surface area (Å²) in [6.07, 6.45) is 9.78. The summed E-state index contributed by atoms with van der Waals surface area (Å²) in [7, 11) is 0. The van der Waals surface area contributed by atoms with E-state index in [9.17, 15) is 15.0 Å². The molecule has 0 radical (unpaired) electrons. The molecule has 4 heteroatoms. The Morgan fingerprint density at radius 1 is 0.897 bits per heavy atom. The van der Waals surface area contributed by atoms with Gasteiger partial charge in [-0.05, 0) is 75.1 Å². The van der Waals surface area contributed by atoms with Gasteiger partial charge in [0, 0.05) is 0 Å². The van der Waals surface area contributed by atoms with E-state index < -0.39 is 0 Å². The number of carbonyl (C=O) groups is 1. The summed E-state index contributed by atoms with van der Waals surface area (Å²) >= 11 is 0.